The first-order valence-electron chi connectivity index (χ1n) is 7.04. The number of aromatic nitrogens is 2. The second-order valence-corrected chi connectivity index (χ2v) is 5.33. The highest BCUT2D eigenvalue weighted by Crippen LogP contribution is 2.44. The molecular formula is C15H15N5O. The molecule has 1 aromatic heterocycles. The number of nitrogens with zero attached hydrogens (tertiary/aromatic N) is 2. The molecule has 6 nitrogen and oxygen atoms in total. The van der Waals surface area contributed by atoms with Gasteiger partial charge in [0.1, 0.15) is 6.17 Å². The third-order valence-electron chi connectivity index (χ3n) is 4.09. The molecule has 1 amide bonds. The van der Waals surface area contributed by atoms with Gasteiger partial charge in [-0.2, -0.15) is 10.2 Å². The first-order valence-corrected chi connectivity index (χ1v) is 7.04. The Bertz CT molecular complexity index is 716. The number of hydrogen-bond acceptors (Lipinski definition) is 5. The smallest absolute Gasteiger partial charge is 0.231 e. The second kappa shape index (κ2) is 4.44. The van der Waals surface area contributed by atoms with Crippen LogP contribution < -0.4 is 16.0 Å². The van der Waals surface area contributed by atoms with E-state index in [0.717, 1.165) is 34.6 Å². The number of rotatable bonds is 2. The standard InChI is InChI=1S/C15H15N5O/c1-2-9-10-5-12-13(6-11(10)20-15(9)21)19-14(18-12)8-3-4-16-17-7-8/h3-7,9,14,18-19H,2H2,1H3,(H,20,21). The molecule has 1 aromatic carbocycles. The summed E-state index contributed by atoms with van der Waals surface area (Å²) in [5.41, 5.74) is 5.02. The lowest BCUT2D eigenvalue weighted by molar-refractivity contribution is -0.117. The summed E-state index contributed by atoms with van der Waals surface area (Å²) in [6, 6.07) is 5.99. The van der Waals surface area contributed by atoms with Crippen LogP contribution >= 0.6 is 0 Å². The van der Waals surface area contributed by atoms with E-state index in [1.54, 1.807) is 12.4 Å². The van der Waals surface area contributed by atoms with Crippen molar-refractivity contribution in [1.82, 2.24) is 10.2 Å². The van der Waals surface area contributed by atoms with E-state index in [1.807, 2.05) is 19.1 Å². The molecule has 2 atom stereocenters. The van der Waals surface area contributed by atoms with Gasteiger partial charge in [-0.1, -0.05) is 6.92 Å². The number of hydrogen-bond donors (Lipinski definition) is 3. The third-order valence-corrected chi connectivity index (χ3v) is 4.09. The molecule has 0 bridgehead atoms. The summed E-state index contributed by atoms with van der Waals surface area (Å²) in [4.78, 5) is 11.9. The van der Waals surface area contributed by atoms with Gasteiger partial charge in [0.05, 0.1) is 23.5 Å². The molecule has 0 saturated carbocycles. The van der Waals surface area contributed by atoms with Crippen molar-refractivity contribution in [2.24, 2.45) is 0 Å². The summed E-state index contributed by atoms with van der Waals surface area (Å²) in [5.74, 6) is 0.0415. The summed E-state index contributed by atoms with van der Waals surface area (Å²) in [6.45, 7) is 2.03. The van der Waals surface area contributed by atoms with Crippen LogP contribution in [0.25, 0.3) is 0 Å². The average molecular weight is 281 g/mol. The quantitative estimate of drug-likeness (QED) is 0.788. The van der Waals surface area contributed by atoms with Crippen molar-refractivity contribution in [2.75, 3.05) is 16.0 Å². The van der Waals surface area contributed by atoms with E-state index in [2.05, 4.69) is 32.2 Å². The molecule has 2 aliphatic rings. The van der Waals surface area contributed by atoms with Crippen LogP contribution in [0.4, 0.5) is 17.1 Å². The van der Waals surface area contributed by atoms with Crippen LogP contribution in [0.2, 0.25) is 0 Å². The molecule has 3 N–H and O–H groups in total. The zero-order valence-electron chi connectivity index (χ0n) is 11.6. The monoisotopic (exact) mass is 281 g/mol. The van der Waals surface area contributed by atoms with Crippen molar-refractivity contribution in [3.63, 3.8) is 0 Å². The first-order chi connectivity index (χ1) is 10.3. The fourth-order valence-corrected chi connectivity index (χ4v) is 3.00. The Morgan fingerprint density at radius 2 is 1.95 bits per heavy atom. The summed E-state index contributed by atoms with van der Waals surface area (Å²) in [6.07, 6.45) is 4.20. The van der Waals surface area contributed by atoms with Gasteiger partial charge in [-0.05, 0) is 30.2 Å². The molecule has 2 aliphatic heterocycles. The number of fused-ring (bicyclic) bond motifs is 2. The third kappa shape index (κ3) is 1.83. The number of amides is 1. The topological polar surface area (TPSA) is 78.9 Å². The SMILES string of the molecule is CCC1C(=O)Nc2cc3c(cc21)NC(c1ccnnc1)N3. The minimum Gasteiger partial charge on any atom is -0.360 e. The van der Waals surface area contributed by atoms with Crippen LogP contribution in [-0.4, -0.2) is 16.1 Å². The van der Waals surface area contributed by atoms with E-state index in [9.17, 15) is 4.79 Å². The van der Waals surface area contributed by atoms with Crippen molar-refractivity contribution in [3.05, 3.63) is 41.7 Å². The van der Waals surface area contributed by atoms with Crippen LogP contribution in [0.5, 0.6) is 0 Å². The highest BCUT2D eigenvalue weighted by atomic mass is 16.2. The molecule has 0 saturated heterocycles. The molecule has 21 heavy (non-hydrogen) atoms. The number of carbonyl (C=O) groups is 1. The fraction of sp³-hybridized carbons (Fsp3) is 0.267. The largest absolute Gasteiger partial charge is 0.360 e. The number of anilines is 3. The summed E-state index contributed by atoms with van der Waals surface area (Å²) >= 11 is 0. The van der Waals surface area contributed by atoms with Crippen molar-refractivity contribution in [1.29, 1.82) is 0 Å². The maximum Gasteiger partial charge on any atom is 0.231 e. The molecule has 2 unspecified atom stereocenters. The highest BCUT2D eigenvalue weighted by Gasteiger charge is 2.32. The Labute approximate surface area is 122 Å². The van der Waals surface area contributed by atoms with E-state index in [4.69, 9.17) is 0 Å². The lowest BCUT2D eigenvalue weighted by Crippen LogP contribution is -2.13. The van der Waals surface area contributed by atoms with Crippen LogP contribution in [-0.2, 0) is 4.79 Å². The van der Waals surface area contributed by atoms with Gasteiger partial charge in [-0.3, -0.25) is 4.79 Å². The Kier molecular flexibility index (Phi) is 2.57. The van der Waals surface area contributed by atoms with E-state index in [1.165, 1.54) is 0 Å². The molecule has 0 spiro atoms. The van der Waals surface area contributed by atoms with E-state index >= 15 is 0 Å². The maximum absolute atomic E-state index is 11.9. The number of carbonyl (C=O) groups excluding carboxylic acids is 1. The van der Waals surface area contributed by atoms with Gasteiger partial charge in [0, 0.05) is 17.4 Å². The van der Waals surface area contributed by atoms with Gasteiger partial charge in [0.15, 0.2) is 0 Å². The minimum atomic E-state index is -0.0475. The van der Waals surface area contributed by atoms with Crippen molar-refractivity contribution in [2.45, 2.75) is 25.4 Å². The zero-order chi connectivity index (χ0) is 14.4. The Hall–Kier alpha value is -2.63. The summed E-state index contributed by atoms with van der Waals surface area (Å²) in [7, 11) is 0. The fourth-order valence-electron chi connectivity index (χ4n) is 3.00. The van der Waals surface area contributed by atoms with Crippen LogP contribution in [0.3, 0.4) is 0 Å². The second-order valence-electron chi connectivity index (χ2n) is 5.33. The predicted octanol–water partition coefficient (Wildman–Crippen LogP) is 2.46. The van der Waals surface area contributed by atoms with Gasteiger partial charge >= 0.3 is 0 Å². The highest BCUT2D eigenvalue weighted by molar-refractivity contribution is 6.04. The lowest BCUT2D eigenvalue weighted by atomic mass is 9.97. The Morgan fingerprint density at radius 1 is 1.14 bits per heavy atom. The zero-order valence-corrected chi connectivity index (χ0v) is 11.6. The van der Waals surface area contributed by atoms with Gasteiger partial charge < -0.3 is 16.0 Å². The summed E-state index contributed by atoms with van der Waals surface area (Å²) in [5, 5.41) is 17.5. The van der Waals surface area contributed by atoms with Gasteiger partial charge in [0.2, 0.25) is 5.91 Å². The number of benzene rings is 1. The molecule has 6 heteroatoms. The van der Waals surface area contributed by atoms with Crippen molar-refractivity contribution < 1.29 is 4.79 Å². The van der Waals surface area contributed by atoms with Gasteiger partial charge in [-0.25, -0.2) is 0 Å². The molecule has 0 radical (unpaired) electrons. The first kappa shape index (κ1) is 12.1. The molecular weight excluding hydrogens is 266 g/mol. The molecule has 4 rings (SSSR count). The van der Waals surface area contributed by atoms with E-state index in [-0.39, 0.29) is 18.0 Å². The predicted molar refractivity (Wildman–Crippen MR) is 80.1 cm³/mol. The van der Waals surface area contributed by atoms with Crippen molar-refractivity contribution in [3.8, 4) is 0 Å². The molecule has 3 heterocycles. The Morgan fingerprint density at radius 3 is 2.67 bits per heavy atom. The van der Waals surface area contributed by atoms with Crippen LogP contribution in [0, 0.1) is 0 Å². The van der Waals surface area contributed by atoms with Gasteiger partial charge in [0.25, 0.3) is 0 Å². The lowest BCUT2D eigenvalue weighted by Gasteiger charge is -2.11. The van der Waals surface area contributed by atoms with Crippen LogP contribution in [0.1, 0.15) is 36.6 Å². The summed E-state index contributed by atoms with van der Waals surface area (Å²) < 4.78 is 0. The molecule has 0 fully saturated rings. The van der Waals surface area contributed by atoms with Gasteiger partial charge in [-0.15, -0.1) is 0 Å². The minimum absolute atomic E-state index is 0.0196. The molecule has 2 aromatic rings. The van der Waals surface area contributed by atoms with E-state index < -0.39 is 0 Å². The van der Waals surface area contributed by atoms with E-state index in [0.29, 0.717) is 0 Å². The average Bonchev–Trinajstić information content (AvgIpc) is 3.04. The molecule has 0 aliphatic carbocycles. The van der Waals surface area contributed by atoms with Crippen LogP contribution in [0.15, 0.2) is 30.6 Å². The number of nitrogens with one attached hydrogen (secondary N) is 3. The van der Waals surface area contributed by atoms with Crippen molar-refractivity contribution >= 4 is 23.0 Å². The maximum atomic E-state index is 11.9. The molecule has 106 valence electrons. The Balaban J connectivity index is 1.68. The normalized spacial score (nSPS) is 22.0.